The van der Waals surface area contributed by atoms with Gasteiger partial charge >= 0.3 is 0 Å². The molecule has 0 aromatic heterocycles. The summed E-state index contributed by atoms with van der Waals surface area (Å²) in [6.07, 6.45) is 5.15. The summed E-state index contributed by atoms with van der Waals surface area (Å²) < 4.78 is 0. The highest BCUT2D eigenvalue weighted by molar-refractivity contribution is 6.30. The number of nitrogens with zero attached hydrogens (tertiary/aromatic N) is 2. The second kappa shape index (κ2) is 7.26. The molecule has 0 radical (unpaired) electrons. The fourth-order valence-corrected chi connectivity index (χ4v) is 2.71. The van der Waals surface area contributed by atoms with Gasteiger partial charge in [0.15, 0.2) is 5.96 Å². The number of hydrogen-bond acceptors (Lipinski definition) is 3. The summed E-state index contributed by atoms with van der Waals surface area (Å²) in [6, 6.07) is 5.09. The van der Waals surface area contributed by atoms with Crippen molar-refractivity contribution in [1.82, 2.24) is 5.32 Å². The molecule has 0 bridgehead atoms. The minimum Gasteiger partial charge on any atom is -0.370 e. The minimum absolute atomic E-state index is 0.0278. The van der Waals surface area contributed by atoms with Crippen LogP contribution in [0.2, 0.25) is 5.02 Å². The minimum atomic E-state index is -0.426. The zero-order valence-corrected chi connectivity index (χ0v) is 12.5. The van der Waals surface area contributed by atoms with Crippen molar-refractivity contribution in [3.63, 3.8) is 0 Å². The Morgan fingerprint density at radius 3 is 2.86 bits per heavy atom. The third-order valence-corrected chi connectivity index (χ3v) is 3.85. The van der Waals surface area contributed by atoms with Crippen molar-refractivity contribution in [1.29, 1.82) is 0 Å². The van der Waals surface area contributed by atoms with Gasteiger partial charge in [-0.25, -0.2) is 0 Å². The normalized spacial score (nSPS) is 16.1. The number of halogens is 1. The van der Waals surface area contributed by atoms with E-state index in [1.165, 1.54) is 18.9 Å². The van der Waals surface area contributed by atoms with Crippen molar-refractivity contribution in [2.45, 2.75) is 38.1 Å². The van der Waals surface area contributed by atoms with Crippen LogP contribution in [0.25, 0.3) is 0 Å². The zero-order valence-electron chi connectivity index (χ0n) is 11.7. The standard InChI is InChI=1S/C14H19ClN4O2/c15-11-6-5-10(13(9-11)19(20)21)7-8-17-14(16)18-12-3-1-2-4-12/h5-6,9,12H,1-4,7-8H2,(H3,16,17,18). The number of nitrogens with one attached hydrogen (secondary N) is 1. The van der Waals surface area contributed by atoms with Crippen molar-refractivity contribution >= 4 is 23.2 Å². The van der Waals surface area contributed by atoms with Crippen LogP contribution in [0.5, 0.6) is 0 Å². The lowest BCUT2D eigenvalue weighted by Gasteiger charge is -2.12. The number of nitrogens with two attached hydrogens (primary N) is 1. The molecule has 6 nitrogen and oxygen atoms in total. The van der Waals surface area contributed by atoms with Crippen LogP contribution in [0.15, 0.2) is 23.2 Å². The second-order valence-electron chi connectivity index (χ2n) is 5.17. The van der Waals surface area contributed by atoms with Gasteiger partial charge in [0.2, 0.25) is 0 Å². The molecule has 0 saturated heterocycles. The molecule has 2 rings (SSSR count). The maximum atomic E-state index is 11.0. The summed E-state index contributed by atoms with van der Waals surface area (Å²) in [5.41, 5.74) is 6.46. The Morgan fingerprint density at radius 2 is 2.19 bits per heavy atom. The Kier molecular flexibility index (Phi) is 5.38. The van der Waals surface area contributed by atoms with Gasteiger partial charge in [0, 0.05) is 29.2 Å². The maximum Gasteiger partial charge on any atom is 0.274 e. The van der Waals surface area contributed by atoms with E-state index in [-0.39, 0.29) is 5.69 Å². The predicted molar refractivity (Wildman–Crippen MR) is 83.7 cm³/mol. The molecule has 3 N–H and O–H groups in total. The maximum absolute atomic E-state index is 11.0. The number of nitro groups is 1. The third-order valence-electron chi connectivity index (χ3n) is 3.61. The van der Waals surface area contributed by atoms with Gasteiger partial charge in [0.25, 0.3) is 5.69 Å². The van der Waals surface area contributed by atoms with E-state index < -0.39 is 4.92 Å². The lowest BCUT2D eigenvalue weighted by atomic mass is 10.1. The highest BCUT2D eigenvalue weighted by Gasteiger charge is 2.15. The summed E-state index contributed by atoms with van der Waals surface area (Å²) in [4.78, 5) is 14.8. The Morgan fingerprint density at radius 1 is 1.48 bits per heavy atom. The number of rotatable bonds is 5. The number of benzene rings is 1. The molecule has 1 fully saturated rings. The Bertz CT molecular complexity index is 542. The van der Waals surface area contributed by atoms with Crippen molar-refractivity contribution in [2.75, 3.05) is 6.54 Å². The molecule has 0 heterocycles. The molecule has 0 unspecified atom stereocenters. The molecule has 0 amide bonds. The molecule has 7 heteroatoms. The van der Waals surface area contributed by atoms with Crippen LogP contribution < -0.4 is 11.1 Å². The summed E-state index contributed by atoms with van der Waals surface area (Å²) in [7, 11) is 0. The van der Waals surface area contributed by atoms with E-state index in [9.17, 15) is 10.1 Å². The van der Waals surface area contributed by atoms with Gasteiger partial charge in [-0.3, -0.25) is 15.1 Å². The van der Waals surface area contributed by atoms with E-state index in [2.05, 4.69) is 10.3 Å². The molecular formula is C14H19ClN4O2. The lowest BCUT2D eigenvalue weighted by Crippen LogP contribution is -2.38. The average Bonchev–Trinajstić information content (AvgIpc) is 2.93. The summed E-state index contributed by atoms with van der Waals surface area (Å²) in [5.74, 6) is 0.415. The van der Waals surface area contributed by atoms with Gasteiger partial charge in [-0.05, 0) is 25.3 Å². The summed E-state index contributed by atoms with van der Waals surface area (Å²) in [6.45, 7) is 0.411. The van der Waals surface area contributed by atoms with Gasteiger partial charge in [0.1, 0.15) is 0 Å². The van der Waals surface area contributed by atoms with Crippen LogP contribution in [0, 0.1) is 10.1 Å². The smallest absolute Gasteiger partial charge is 0.274 e. The van der Waals surface area contributed by atoms with Gasteiger partial charge < -0.3 is 11.1 Å². The van der Waals surface area contributed by atoms with Crippen LogP contribution in [0.1, 0.15) is 31.2 Å². The van der Waals surface area contributed by atoms with Crippen LogP contribution in [-0.2, 0) is 6.42 Å². The Hall–Kier alpha value is -1.82. The van der Waals surface area contributed by atoms with Gasteiger partial charge in [-0.1, -0.05) is 30.5 Å². The lowest BCUT2D eigenvalue weighted by molar-refractivity contribution is -0.385. The second-order valence-corrected chi connectivity index (χ2v) is 5.61. The largest absolute Gasteiger partial charge is 0.370 e. The molecule has 114 valence electrons. The van der Waals surface area contributed by atoms with Crippen LogP contribution in [-0.4, -0.2) is 23.5 Å². The van der Waals surface area contributed by atoms with E-state index in [1.807, 2.05) is 0 Å². The van der Waals surface area contributed by atoms with E-state index in [0.29, 0.717) is 35.6 Å². The van der Waals surface area contributed by atoms with Crippen LogP contribution in [0.3, 0.4) is 0 Å². The third kappa shape index (κ3) is 4.60. The van der Waals surface area contributed by atoms with Crippen LogP contribution in [0.4, 0.5) is 5.69 Å². The van der Waals surface area contributed by atoms with Gasteiger partial charge in [0.05, 0.1) is 4.92 Å². The average molecular weight is 311 g/mol. The molecular weight excluding hydrogens is 292 g/mol. The molecule has 21 heavy (non-hydrogen) atoms. The van der Waals surface area contributed by atoms with Crippen molar-refractivity contribution in [2.24, 2.45) is 10.7 Å². The predicted octanol–water partition coefficient (Wildman–Crippen LogP) is 2.64. The van der Waals surface area contributed by atoms with E-state index in [4.69, 9.17) is 17.3 Å². The van der Waals surface area contributed by atoms with Crippen molar-refractivity contribution in [3.8, 4) is 0 Å². The molecule has 0 spiro atoms. The molecule has 1 aromatic rings. The fourth-order valence-electron chi connectivity index (χ4n) is 2.54. The highest BCUT2D eigenvalue weighted by atomic mass is 35.5. The van der Waals surface area contributed by atoms with E-state index in [1.54, 1.807) is 12.1 Å². The molecule has 1 aliphatic rings. The molecule has 0 atom stereocenters. The first-order chi connectivity index (χ1) is 10.1. The first-order valence-corrected chi connectivity index (χ1v) is 7.43. The first kappa shape index (κ1) is 15.6. The van der Waals surface area contributed by atoms with E-state index in [0.717, 1.165) is 12.8 Å². The molecule has 1 aliphatic carbocycles. The molecule has 1 saturated carbocycles. The van der Waals surface area contributed by atoms with Crippen molar-refractivity contribution < 1.29 is 4.92 Å². The van der Waals surface area contributed by atoms with Crippen molar-refractivity contribution in [3.05, 3.63) is 38.9 Å². The van der Waals surface area contributed by atoms with Gasteiger partial charge in [-0.15, -0.1) is 0 Å². The SMILES string of the molecule is NC(=NCCc1ccc(Cl)cc1[N+](=O)[O-])NC1CCCC1. The number of hydrogen-bond donors (Lipinski definition) is 2. The zero-order chi connectivity index (χ0) is 15.2. The fraction of sp³-hybridized carbons (Fsp3) is 0.500. The highest BCUT2D eigenvalue weighted by Crippen LogP contribution is 2.23. The summed E-state index contributed by atoms with van der Waals surface area (Å²) in [5, 5.41) is 14.5. The quantitative estimate of drug-likeness (QED) is 0.378. The summed E-state index contributed by atoms with van der Waals surface area (Å²) >= 11 is 5.78. The Balaban J connectivity index is 1.91. The monoisotopic (exact) mass is 310 g/mol. The molecule has 0 aliphatic heterocycles. The number of nitro benzene ring substituents is 1. The topological polar surface area (TPSA) is 93.5 Å². The van der Waals surface area contributed by atoms with E-state index >= 15 is 0 Å². The number of aliphatic imine (C=N–C) groups is 1. The number of guanidine groups is 1. The molecule has 1 aromatic carbocycles. The van der Waals surface area contributed by atoms with Crippen LogP contribution >= 0.6 is 11.6 Å². The first-order valence-electron chi connectivity index (χ1n) is 7.05. The Labute approximate surface area is 128 Å². The van der Waals surface area contributed by atoms with Gasteiger partial charge in [-0.2, -0.15) is 0 Å².